The third-order valence-corrected chi connectivity index (χ3v) is 2.78. The number of aliphatic hydroxyl groups is 1. The minimum atomic E-state index is -0.841. The van der Waals surface area contributed by atoms with E-state index in [-0.39, 0.29) is 5.89 Å². The van der Waals surface area contributed by atoms with Crippen molar-refractivity contribution in [2.24, 2.45) is 5.92 Å². The van der Waals surface area contributed by atoms with Crippen LogP contribution in [0.15, 0.2) is 34.9 Å². The summed E-state index contributed by atoms with van der Waals surface area (Å²) in [5.74, 6) is 1.53. The molecule has 0 amide bonds. The first kappa shape index (κ1) is 12.8. The number of nitrogens with zero attached hydrogens (tertiary/aromatic N) is 2. The number of aromatic nitrogens is 2. The van der Waals surface area contributed by atoms with Gasteiger partial charge in [0.1, 0.15) is 0 Å². The van der Waals surface area contributed by atoms with E-state index in [1.807, 2.05) is 30.3 Å². The Balaban J connectivity index is 2.06. The van der Waals surface area contributed by atoms with Crippen LogP contribution in [0.4, 0.5) is 0 Å². The van der Waals surface area contributed by atoms with Crippen molar-refractivity contribution >= 4 is 0 Å². The molecular formula is C14H18N2O2. The number of aryl methyl sites for hydroxylation is 1. The number of benzene rings is 1. The van der Waals surface area contributed by atoms with Crippen molar-refractivity contribution in [2.45, 2.75) is 32.8 Å². The first-order chi connectivity index (χ1) is 8.66. The third-order valence-electron chi connectivity index (χ3n) is 2.78. The standard InChI is InChI=1S/C14H18N2O2/c1-10(2)8-9-12-15-14(18-16-12)13(17)11-6-4-3-5-7-11/h3-7,10,13,17H,8-9H2,1-2H3. The third kappa shape index (κ3) is 3.17. The van der Waals surface area contributed by atoms with Crippen LogP contribution < -0.4 is 0 Å². The van der Waals surface area contributed by atoms with Gasteiger partial charge in [-0.1, -0.05) is 49.3 Å². The van der Waals surface area contributed by atoms with E-state index >= 15 is 0 Å². The first-order valence-corrected chi connectivity index (χ1v) is 6.22. The highest BCUT2D eigenvalue weighted by Gasteiger charge is 2.17. The van der Waals surface area contributed by atoms with Gasteiger partial charge in [-0.2, -0.15) is 4.98 Å². The Kier molecular flexibility index (Phi) is 4.10. The van der Waals surface area contributed by atoms with Crippen molar-refractivity contribution in [1.82, 2.24) is 10.1 Å². The summed E-state index contributed by atoms with van der Waals surface area (Å²) in [6.45, 7) is 4.31. The Hall–Kier alpha value is -1.68. The molecule has 1 aromatic carbocycles. The predicted molar refractivity (Wildman–Crippen MR) is 68.0 cm³/mol. The molecule has 1 heterocycles. The average molecular weight is 246 g/mol. The fourth-order valence-electron chi connectivity index (χ4n) is 1.68. The van der Waals surface area contributed by atoms with Crippen LogP contribution in [0.25, 0.3) is 0 Å². The maximum Gasteiger partial charge on any atom is 0.260 e. The first-order valence-electron chi connectivity index (χ1n) is 6.22. The summed E-state index contributed by atoms with van der Waals surface area (Å²) in [6, 6.07) is 9.31. The Bertz CT molecular complexity index is 480. The van der Waals surface area contributed by atoms with Crippen molar-refractivity contribution in [1.29, 1.82) is 0 Å². The van der Waals surface area contributed by atoms with E-state index in [1.54, 1.807) is 0 Å². The monoisotopic (exact) mass is 246 g/mol. The SMILES string of the molecule is CC(C)CCc1noc(C(O)c2ccccc2)n1. The van der Waals surface area contributed by atoms with Gasteiger partial charge in [-0.05, 0) is 17.9 Å². The van der Waals surface area contributed by atoms with Gasteiger partial charge in [0.25, 0.3) is 5.89 Å². The van der Waals surface area contributed by atoms with Gasteiger partial charge in [0.05, 0.1) is 0 Å². The molecule has 1 atom stereocenters. The van der Waals surface area contributed by atoms with Crippen LogP contribution in [0.1, 0.15) is 43.7 Å². The molecule has 0 bridgehead atoms. The topological polar surface area (TPSA) is 59.2 Å². The molecule has 0 aliphatic carbocycles. The molecule has 1 aromatic heterocycles. The zero-order valence-electron chi connectivity index (χ0n) is 10.7. The molecule has 18 heavy (non-hydrogen) atoms. The van der Waals surface area contributed by atoms with Crippen LogP contribution >= 0.6 is 0 Å². The Morgan fingerprint density at radius 3 is 2.61 bits per heavy atom. The molecule has 4 nitrogen and oxygen atoms in total. The Morgan fingerprint density at radius 2 is 1.94 bits per heavy atom. The highest BCUT2D eigenvalue weighted by molar-refractivity contribution is 5.21. The summed E-state index contributed by atoms with van der Waals surface area (Å²) in [5, 5.41) is 14.0. The van der Waals surface area contributed by atoms with Gasteiger partial charge in [-0.25, -0.2) is 0 Å². The molecule has 0 spiro atoms. The lowest BCUT2D eigenvalue weighted by molar-refractivity contribution is 0.170. The summed E-state index contributed by atoms with van der Waals surface area (Å²) in [6.07, 6.45) is 0.954. The number of hydrogen-bond acceptors (Lipinski definition) is 4. The lowest BCUT2D eigenvalue weighted by atomic mass is 10.1. The molecule has 4 heteroatoms. The number of rotatable bonds is 5. The molecule has 2 aromatic rings. The Labute approximate surface area is 107 Å². The van der Waals surface area contributed by atoms with Crippen molar-refractivity contribution in [3.63, 3.8) is 0 Å². The minimum absolute atomic E-state index is 0.264. The fraction of sp³-hybridized carbons (Fsp3) is 0.429. The zero-order valence-corrected chi connectivity index (χ0v) is 10.7. The van der Waals surface area contributed by atoms with Crippen molar-refractivity contribution < 1.29 is 9.63 Å². The second-order valence-electron chi connectivity index (χ2n) is 4.79. The largest absolute Gasteiger partial charge is 0.378 e. The van der Waals surface area contributed by atoms with Crippen LogP contribution in [0.5, 0.6) is 0 Å². The molecule has 1 unspecified atom stereocenters. The molecule has 0 aliphatic rings. The molecular weight excluding hydrogens is 228 g/mol. The van der Waals surface area contributed by atoms with E-state index in [0.29, 0.717) is 11.7 Å². The van der Waals surface area contributed by atoms with E-state index < -0.39 is 6.10 Å². The maximum atomic E-state index is 10.1. The lowest BCUT2D eigenvalue weighted by Crippen LogP contribution is -2.00. The number of hydrogen-bond donors (Lipinski definition) is 1. The maximum absolute atomic E-state index is 10.1. The van der Waals surface area contributed by atoms with E-state index in [4.69, 9.17) is 4.52 Å². The average Bonchev–Trinajstić information content (AvgIpc) is 2.85. The highest BCUT2D eigenvalue weighted by atomic mass is 16.5. The molecule has 1 N–H and O–H groups in total. The van der Waals surface area contributed by atoms with Crippen LogP contribution in [0, 0.1) is 5.92 Å². The van der Waals surface area contributed by atoms with Gasteiger partial charge in [0.15, 0.2) is 11.9 Å². The van der Waals surface area contributed by atoms with Gasteiger partial charge in [-0.15, -0.1) is 0 Å². The van der Waals surface area contributed by atoms with Gasteiger partial charge < -0.3 is 9.63 Å². The summed E-state index contributed by atoms with van der Waals surface area (Å²) < 4.78 is 5.10. The number of aliphatic hydroxyl groups excluding tert-OH is 1. The molecule has 0 fully saturated rings. The van der Waals surface area contributed by atoms with Crippen molar-refractivity contribution in [2.75, 3.05) is 0 Å². The van der Waals surface area contributed by atoms with Crippen LogP contribution in [-0.4, -0.2) is 15.2 Å². The summed E-state index contributed by atoms with van der Waals surface area (Å²) >= 11 is 0. The smallest absolute Gasteiger partial charge is 0.260 e. The Morgan fingerprint density at radius 1 is 1.22 bits per heavy atom. The summed E-state index contributed by atoms with van der Waals surface area (Å²) in [5.41, 5.74) is 0.761. The van der Waals surface area contributed by atoms with E-state index in [9.17, 15) is 5.11 Å². The predicted octanol–water partition coefficient (Wildman–Crippen LogP) is 2.74. The van der Waals surface area contributed by atoms with E-state index in [0.717, 1.165) is 18.4 Å². The van der Waals surface area contributed by atoms with Crippen LogP contribution in [-0.2, 0) is 6.42 Å². The quantitative estimate of drug-likeness (QED) is 0.881. The van der Waals surface area contributed by atoms with E-state index in [2.05, 4.69) is 24.0 Å². The molecule has 0 saturated heterocycles. The molecule has 2 rings (SSSR count). The molecule has 0 aliphatic heterocycles. The minimum Gasteiger partial charge on any atom is -0.378 e. The van der Waals surface area contributed by atoms with E-state index in [1.165, 1.54) is 0 Å². The van der Waals surface area contributed by atoms with Gasteiger partial charge >= 0.3 is 0 Å². The van der Waals surface area contributed by atoms with Gasteiger partial charge in [0.2, 0.25) is 0 Å². The lowest BCUT2D eigenvalue weighted by Gasteiger charge is -2.04. The molecule has 96 valence electrons. The zero-order chi connectivity index (χ0) is 13.0. The fourth-order valence-corrected chi connectivity index (χ4v) is 1.68. The van der Waals surface area contributed by atoms with Gasteiger partial charge in [-0.3, -0.25) is 0 Å². The van der Waals surface area contributed by atoms with Crippen LogP contribution in [0.3, 0.4) is 0 Å². The molecule has 0 saturated carbocycles. The molecule has 0 radical (unpaired) electrons. The summed E-state index contributed by atoms with van der Waals surface area (Å²) in [7, 11) is 0. The second kappa shape index (κ2) is 5.78. The van der Waals surface area contributed by atoms with Crippen molar-refractivity contribution in [3.05, 3.63) is 47.6 Å². The van der Waals surface area contributed by atoms with Crippen molar-refractivity contribution in [3.8, 4) is 0 Å². The van der Waals surface area contributed by atoms with Crippen LogP contribution in [0.2, 0.25) is 0 Å². The second-order valence-corrected chi connectivity index (χ2v) is 4.79. The summed E-state index contributed by atoms with van der Waals surface area (Å²) in [4.78, 5) is 4.23. The normalized spacial score (nSPS) is 12.9. The van der Waals surface area contributed by atoms with Gasteiger partial charge in [0, 0.05) is 6.42 Å². The highest BCUT2D eigenvalue weighted by Crippen LogP contribution is 2.20.